The molecule has 2 aromatic rings. The lowest BCUT2D eigenvalue weighted by Gasteiger charge is -2.05. The summed E-state index contributed by atoms with van der Waals surface area (Å²) >= 11 is 0. The Morgan fingerprint density at radius 3 is 2.35 bits per heavy atom. The van der Waals surface area contributed by atoms with Gasteiger partial charge in [-0.15, -0.1) is 0 Å². The molecule has 4 nitrogen and oxygen atoms in total. The number of rotatable bonds is 2. The van der Waals surface area contributed by atoms with E-state index in [0.29, 0.717) is 5.56 Å². The summed E-state index contributed by atoms with van der Waals surface area (Å²) in [7, 11) is 0. The molecule has 86 valence electrons. The SMILES string of the molecule is Cc1ccc(-c2cc([N+](=O)[O-])ccc2O)cc1. The molecule has 0 fully saturated rings. The summed E-state index contributed by atoms with van der Waals surface area (Å²) in [5.74, 6) is 0.0412. The van der Waals surface area contributed by atoms with Gasteiger partial charge in [0.05, 0.1) is 4.92 Å². The number of aryl methyl sites for hydroxylation is 1. The summed E-state index contributed by atoms with van der Waals surface area (Å²) in [6.45, 7) is 1.96. The van der Waals surface area contributed by atoms with Crippen LogP contribution in [0, 0.1) is 17.0 Å². The van der Waals surface area contributed by atoms with Crippen molar-refractivity contribution in [2.24, 2.45) is 0 Å². The molecule has 0 bridgehead atoms. The number of phenolic OH excluding ortho intramolecular Hbond substituents is 1. The molecule has 2 rings (SSSR count). The van der Waals surface area contributed by atoms with Gasteiger partial charge in [0.15, 0.2) is 0 Å². The van der Waals surface area contributed by atoms with Crippen molar-refractivity contribution in [2.75, 3.05) is 0 Å². The Kier molecular flexibility index (Phi) is 2.78. The highest BCUT2D eigenvalue weighted by Gasteiger charge is 2.11. The van der Waals surface area contributed by atoms with E-state index in [1.165, 1.54) is 18.2 Å². The minimum absolute atomic E-state index is 0.0293. The van der Waals surface area contributed by atoms with Crippen molar-refractivity contribution < 1.29 is 10.0 Å². The first-order valence-electron chi connectivity index (χ1n) is 5.12. The number of hydrogen-bond donors (Lipinski definition) is 1. The van der Waals surface area contributed by atoms with Crippen LogP contribution in [0.2, 0.25) is 0 Å². The fourth-order valence-electron chi connectivity index (χ4n) is 1.60. The maximum Gasteiger partial charge on any atom is 0.270 e. The molecular weight excluding hydrogens is 218 g/mol. The molecule has 0 atom stereocenters. The number of nitrogens with zero attached hydrogens (tertiary/aromatic N) is 1. The van der Waals surface area contributed by atoms with Gasteiger partial charge in [-0.2, -0.15) is 0 Å². The highest BCUT2D eigenvalue weighted by atomic mass is 16.6. The Morgan fingerprint density at radius 1 is 1.12 bits per heavy atom. The third kappa shape index (κ3) is 2.25. The molecule has 0 aliphatic carbocycles. The third-order valence-corrected chi connectivity index (χ3v) is 2.55. The zero-order valence-electron chi connectivity index (χ0n) is 9.25. The maximum absolute atomic E-state index is 10.7. The molecule has 0 saturated carbocycles. The molecule has 2 aromatic carbocycles. The van der Waals surface area contributed by atoms with Crippen LogP contribution in [0.15, 0.2) is 42.5 Å². The van der Waals surface area contributed by atoms with E-state index in [4.69, 9.17) is 0 Å². The Labute approximate surface area is 98.3 Å². The van der Waals surface area contributed by atoms with Gasteiger partial charge in [0.1, 0.15) is 5.75 Å². The lowest BCUT2D eigenvalue weighted by atomic mass is 10.0. The highest BCUT2D eigenvalue weighted by molar-refractivity contribution is 5.72. The molecule has 0 unspecified atom stereocenters. The fourth-order valence-corrected chi connectivity index (χ4v) is 1.60. The van der Waals surface area contributed by atoms with Gasteiger partial charge in [-0.1, -0.05) is 29.8 Å². The van der Waals surface area contributed by atoms with E-state index in [2.05, 4.69) is 0 Å². The van der Waals surface area contributed by atoms with Gasteiger partial charge in [-0.05, 0) is 18.6 Å². The molecule has 0 heterocycles. The average Bonchev–Trinajstić information content (AvgIpc) is 2.31. The molecule has 0 saturated heterocycles. The number of non-ortho nitro benzene ring substituents is 1. The minimum Gasteiger partial charge on any atom is -0.507 e. The van der Waals surface area contributed by atoms with E-state index < -0.39 is 4.92 Å². The van der Waals surface area contributed by atoms with Crippen LogP contribution in [-0.2, 0) is 0 Å². The first kappa shape index (κ1) is 11.1. The molecule has 17 heavy (non-hydrogen) atoms. The Hall–Kier alpha value is -2.36. The Bertz CT molecular complexity index is 561. The highest BCUT2D eigenvalue weighted by Crippen LogP contribution is 2.32. The van der Waals surface area contributed by atoms with Gasteiger partial charge in [-0.25, -0.2) is 0 Å². The van der Waals surface area contributed by atoms with E-state index >= 15 is 0 Å². The summed E-state index contributed by atoms with van der Waals surface area (Å²) in [5.41, 5.74) is 2.30. The average molecular weight is 229 g/mol. The van der Waals surface area contributed by atoms with Crippen molar-refractivity contribution >= 4 is 5.69 Å². The van der Waals surface area contributed by atoms with Crippen molar-refractivity contribution in [1.82, 2.24) is 0 Å². The van der Waals surface area contributed by atoms with Crippen LogP contribution in [-0.4, -0.2) is 10.0 Å². The lowest BCUT2D eigenvalue weighted by Crippen LogP contribution is -1.88. The van der Waals surface area contributed by atoms with Gasteiger partial charge in [0.25, 0.3) is 5.69 Å². The second-order valence-corrected chi connectivity index (χ2v) is 3.82. The Balaban J connectivity index is 2.54. The summed E-state index contributed by atoms with van der Waals surface area (Å²) in [5, 5.41) is 20.4. The largest absolute Gasteiger partial charge is 0.507 e. The van der Waals surface area contributed by atoms with Crippen molar-refractivity contribution in [3.05, 3.63) is 58.1 Å². The second kappa shape index (κ2) is 4.25. The van der Waals surface area contributed by atoms with Crippen LogP contribution in [0.1, 0.15) is 5.56 Å². The van der Waals surface area contributed by atoms with Gasteiger partial charge in [0, 0.05) is 17.7 Å². The second-order valence-electron chi connectivity index (χ2n) is 3.82. The molecular formula is C13H11NO3. The van der Waals surface area contributed by atoms with E-state index in [-0.39, 0.29) is 11.4 Å². The van der Waals surface area contributed by atoms with Crippen LogP contribution in [0.5, 0.6) is 5.75 Å². The topological polar surface area (TPSA) is 63.4 Å². The molecule has 0 spiro atoms. The Morgan fingerprint density at radius 2 is 1.76 bits per heavy atom. The van der Waals surface area contributed by atoms with Crippen molar-refractivity contribution in [1.29, 1.82) is 0 Å². The summed E-state index contributed by atoms with van der Waals surface area (Å²) in [4.78, 5) is 10.2. The number of benzene rings is 2. The normalized spacial score (nSPS) is 10.2. The molecule has 0 aliphatic rings. The summed E-state index contributed by atoms with van der Waals surface area (Å²) in [6.07, 6.45) is 0. The first-order chi connectivity index (χ1) is 8.08. The predicted octanol–water partition coefficient (Wildman–Crippen LogP) is 3.28. The van der Waals surface area contributed by atoms with Crippen LogP contribution < -0.4 is 0 Å². The van der Waals surface area contributed by atoms with Gasteiger partial charge in [-0.3, -0.25) is 10.1 Å². The van der Waals surface area contributed by atoms with Crippen molar-refractivity contribution in [2.45, 2.75) is 6.92 Å². The number of aromatic hydroxyl groups is 1. The molecule has 4 heteroatoms. The molecule has 0 aromatic heterocycles. The van der Waals surface area contributed by atoms with Crippen molar-refractivity contribution in [3.63, 3.8) is 0 Å². The number of nitro groups is 1. The number of hydrogen-bond acceptors (Lipinski definition) is 3. The van der Waals surface area contributed by atoms with Crippen LogP contribution in [0.25, 0.3) is 11.1 Å². The molecule has 0 radical (unpaired) electrons. The summed E-state index contributed by atoms with van der Waals surface area (Å²) < 4.78 is 0. The van der Waals surface area contributed by atoms with Crippen LogP contribution in [0.4, 0.5) is 5.69 Å². The third-order valence-electron chi connectivity index (χ3n) is 2.55. The van der Waals surface area contributed by atoms with E-state index in [9.17, 15) is 15.2 Å². The zero-order chi connectivity index (χ0) is 12.4. The maximum atomic E-state index is 10.7. The van der Waals surface area contributed by atoms with Gasteiger partial charge < -0.3 is 5.11 Å². The van der Waals surface area contributed by atoms with Crippen LogP contribution in [0.3, 0.4) is 0 Å². The monoisotopic (exact) mass is 229 g/mol. The molecule has 0 amide bonds. The van der Waals surface area contributed by atoms with Crippen LogP contribution >= 0.6 is 0 Å². The summed E-state index contributed by atoms with van der Waals surface area (Å²) in [6, 6.07) is 11.4. The molecule has 1 N–H and O–H groups in total. The zero-order valence-corrected chi connectivity index (χ0v) is 9.25. The molecule has 0 aliphatic heterocycles. The number of phenols is 1. The lowest BCUT2D eigenvalue weighted by molar-refractivity contribution is -0.384. The van der Waals surface area contributed by atoms with Gasteiger partial charge >= 0.3 is 0 Å². The first-order valence-corrected chi connectivity index (χ1v) is 5.12. The fraction of sp³-hybridized carbons (Fsp3) is 0.0769. The van der Waals surface area contributed by atoms with E-state index in [1.54, 1.807) is 0 Å². The van der Waals surface area contributed by atoms with Gasteiger partial charge in [0.2, 0.25) is 0 Å². The minimum atomic E-state index is -0.475. The number of nitro benzene ring substituents is 1. The van der Waals surface area contributed by atoms with E-state index in [1.807, 2.05) is 31.2 Å². The van der Waals surface area contributed by atoms with Crippen molar-refractivity contribution in [3.8, 4) is 16.9 Å². The quantitative estimate of drug-likeness (QED) is 0.634. The smallest absolute Gasteiger partial charge is 0.270 e. The van der Waals surface area contributed by atoms with E-state index in [0.717, 1.165) is 11.1 Å². The predicted molar refractivity (Wildman–Crippen MR) is 64.9 cm³/mol. The standard InChI is InChI=1S/C13H11NO3/c1-9-2-4-10(5-3-9)12-8-11(14(16)17)6-7-13(12)15/h2-8,15H,1H3.